The van der Waals surface area contributed by atoms with Gasteiger partial charge in [-0.3, -0.25) is 4.79 Å². The topological polar surface area (TPSA) is 41.1 Å². The first kappa shape index (κ1) is 11.9. The molecule has 1 aliphatic heterocycles. The van der Waals surface area contributed by atoms with Crippen LogP contribution in [0.15, 0.2) is 0 Å². The monoisotopic (exact) mass is 224 g/mol. The van der Waals surface area contributed by atoms with Gasteiger partial charge in [0.25, 0.3) is 0 Å². The van der Waals surface area contributed by atoms with Gasteiger partial charge in [-0.15, -0.1) is 0 Å². The molecule has 2 rings (SSSR count). The average Bonchev–Trinajstić information content (AvgIpc) is 3.13. The summed E-state index contributed by atoms with van der Waals surface area (Å²) in [7, 11) is 0. The molecule has 1 heterocycles. The molecule has 0 aromatic heterocycles. The van der Waals surface area contributed by atoms with E-state index in [1.807, 2.05) is 0 Å². The molecular formula is C13H24N2O. The van der Waals surface area contributed by atoms with Crippen LogP contribution >= 0.6 is 0 Å². The smallest absolute Gasteiger partial charge is 0.227 e. The van der Waals surface area contributed by atoms with Gasteiger partial charge in [-0.2, -0.15) is 0 Å². The van der Waals surface area contributed by atoms with E-state index in [4.69, 9.17) is 0 Å². The average molecular weight is 224 g/mol. The van der Waals surface area contributed by atoms with Crippen molar-refractivity contribution < 1.29 is 4.79 Å². The Morgan fingerprint density at radius 3 is 2.81 bits per heavy atom. The molecule has 2 fully saturated rings. The lowest BCUT2D eigenvalue weighted by Crippen LogP contribution is -2.52. The molecule has 2 unspecified atom stereocenters. The minimum absolute atomic E-state index is 0.137. The molecule has 1 amide bonds. The van der Waals surface area contributed by atoms with Gasteiger partial charge < -0.3 is 10.6 Å². The molecule has 92 valence electrons. The number of rotatable bonds is 4. The van der Waals surface area contributed by atoms with E-state index in [9.17, 15) is 4.79 Å². The number of hydrogen-bond acceptors (Lipinski definition) is 2. The second-order valence-corrected chi connectivity index (χ2v) is 5.51. The molecule has 0 aromatic rings. The molecule has 2 atom stereocenters. The summed E-state index contributed by atoms with van der Waals surface area (Å²) in [5, 5.41) is 6.59. The van der Waals surface area contributed by atoms with E-state index in [-0.39, 0.29) is 11.3 Å². The van der Waals surface area contributed by atoms with E-state index in [1.54, 1.807) is 0 Å². The van der Waals surface area contributed by atoms with E-state index in [1.165, 1.54) is 12.8 Å². The number of carbonyl (C=O) groups excluding carboxylic acids is 1. The first-order valence-corrected chi connectivity index (χ1v) is 6.69. The molecule has 3 nitrogen and oxygen atoms in total. The fourth-order valence-corrected chi connectivity index (χ4v) is 2.70. The lowest BCUT2D eigenvalue weighted by molar-refractivity contribution is -0.133. The molecule has 16 heavy (non-hydrogen) atoms. The summed E-state index contributed by atoms with van der Waals surface area (Å²) in [4.78, 5) is 12.3. The lowest BCUT2D eigenvalue weighted by atomic mass is 9.77. The van der Waals surface area contributed by atoms with E-state index in [0.29, 0.717) is 6.04 Å². The molecule has 1 saturated heterocycles. The van der Waals surface area contributed by atoms with Gasteiger partial charge in [0, 0.05) is 12.6 Å². The fraction of sp³-hybridized carbons (Fsp3) is 0.923. The van der Waals surface area contributed by atoms with Crippen molar-refractivity contribution in [2.24, 2.45) is 11.3 Å². The number of nitrogens with one attached hydrogen (secondary N) is 2. The van der Waals surface area contributed by atoms with E-state index >= 15 is 0 Å². The van der Waals surface area contributed by atoms with Gasteiger partial charge in [0.2, 0.25) is 5.91 Å². The van der Waals surface area contributed by atoms with E-state index < -0.39 is 0 Å². The van der Waals surface area contributed by atoms with Crippen LogP contribution < -0.4 is 10.6 Å². The Balaban J connectivity index is 1.93. The van der Waals surface area contributed by atoms with Gasteiger partial charge in [0.1, 0.15) is 0 Å². The molecule has 3 heteroatoms. The normalized spacial score (nSPS) is 32.1. The Kier molecular flexibility index (Phi) is 3.53. The number of carbonyl (C=O) groups is 1. The molecule has 2 N–H and O–H groups in total. The third kappa shape index (κ3) is 2.40. The minimum atomic E-state index is -0.137. The predicted molar refractivity (Wildman–Crippen MR) is 65.2 cm³/mol. The van der Waals surface area contributed by atoms with E-state index in [2.05, 4.69) is 24.5 Å². The van der Waals surface area contributed by atoms with Crippen LogP contribution in [-0.4, -0.2) is 25.0 Å². The highest BCUT2D eigenvalue weighted by molar-refractivity contribution is 5.83. The summed E-state index contributed by atoms with van der Waals surface area (Å²) in [6.45, 7) is 6.20. The molecule has 0 radical (unpaired) electrons. The highest BCUT2D eigenvalue weighted by Gasteiger charge is 2.39. The number of piperidine rings is 1. The molecule has 1 saturated carbocycles. The zero-order valence-corrected chi connectivity index (χ0v) is 10.5. The van der Waals surface area contributed by atoms with Crippen LogP contribution in [-0.2, 0) is 4.79 Å². The summed E-state index contributed by atoms with van der Waals surface area (Å²) in [6.07, 6.45) is 5.69. The lowest BCUT2D eigenvalue weighted by Gasteiger charge is -2.36. The third-order valence-corrected chi connectivity index (χ3v) is 4.32. The summed E-state index contributed by atoms with van der Waals surface area (Å²) in [5.74, 6) is 1.02. The van der Waals surface area contributed by atoms with Crippen LogP contribution in [0.5, 0.6) is 0 Å². The summed E-state index contributed by atoms with van der Waals surface area (Å²) < 4.78 is 0. The van der Waals surface area contributed by atoms with Crippen molar-refractivity contribution in [3.8, 4) is 0 Å². The minimum Gasteiger partial charge on any atom is -0.353 e. The maximum atomic E-state index is 12.3. The number of hydrogen-bond donors (Lipinski definition) is 2. The number of amides is 1. The zero-order valence-electron chi connectivity index (χ0n) is 10.5. The summed E-state index contributed by atoms with van der Waals surface area (Å²) in [6, 6.07) is 0.373. The quantitative estimate of drug-likeness (QED) is 0.763. The molecule has 1 aliphatic carbocycles. The Hall–Kier alpha value is -0.570. The largest absolute Gasteiger partial charge is 0.353 e. The van der Waals surface area contributed by atoms with Gasteiger partial charge in [-0.25, -0.2) is 0 Å². The third-order valence-electron chi connectivity index (χ3n) is 4.32. The first-order chi connectivity index (χ1) is 7.68. The van der Waals surface area contributed by atoms with Crippen molar-refractivity contribution in [1.29, 1.82) is 0 Å². The highest BCUT2D eigenvalue weighted by Crippen LogP contribution is 2.34. The maximum Gasteiger partial charge on any atom is 0.227 e. The van der Waals surface area contributed by atoms with Gasteiger partial charge in [-0.1, -0.05) is 6.92 Å². The maximum absolute atomic E-state index is 12.3. The van der Waals surface area contributed by atoms with Crippen LogP contribution in [0.4, 0.5) is 0 Å². The van der Waals surface area contributed by atoms with Crippen molar-refractivity contribution in [1.82, 2.24) is 10.6 Å². The predicted octanol–water partition coefficient (Wildman–Crippen LogP) is 1.68. The SMILES string of the molecule is CCC1(C(=O)NC(C)C2CC2)CCCNC1. The summed E-state index contributed by atoms with van der Waals surface area (Å²) in [5.41, 5.74) is -0.137. The van der Waals surface area contributed by atoms with Crippen LogP contribution in [0, 0.1) is 11.3 Å². The zero-order chi connectivity index (χ0) is 11.6. The highest BCUT2D eigenvalue weighted by atomic mass is 16.2. The molecular weight excluding hydrogens is 200 g/mol. The Labute approximate surface area is 98.4 Å². The second kappa shape index (κ2) is 4.74. The van der Waals surface area contributed by atoms with Crippen molar-refractivity contribution in [2.75, 3.05) is 13.1 Å². The first-order valence-electron chi connectivity index (χ1n) is 6.69. The van der Waals surface area contributed by atoms with Crippen molar-refractivity contribution in [2.45, 2.75) is 52.0 Å². The standard InChI is InChI=1S/C13H24N2O/c1-3-13(7-4-8-14-9-13)12(16)15-10(2)11-5-6-11/h10-11,14H,3-9H2,1-2H3,(H,15,16). The van der Waals surface area contributed by atoms with Crippen molar-refractivity contribution in [3.05, 3.63) is 0 Å². The summed E-state index contributed by atoms with van der Waals surface area (Å²) >= 11 is 0. The van der Waals surface area contributed by atoms with Gasteiger partial charge in [0.05, 0.1) is 5.41 Å². The van der Waals surface area contributed by atoms with Crippen LogP contribution in [0.1, 0.15) is 46.0 Å². The van der Waals surface area contributed by atoms with Crippen LogP contribution in [0.3, 0.4) is 0 Å². The molecule has 0 spiro atoms. The van der Waals surface area contributed by atoms with Crippen LogP contribution in [0.25, 0.3) is 0 Å². The van der Waals surface area contributed by atoms with Gasteiger partial charge in [0.15, 0.2) is 0 Å². The van der Waals surface area contributed by atoms with Gasteiger partial charge in [-0.05, 0) is 51.5 Å². The fourth-order valence-electron chi connectivity index (χ4n) is 2.70. The molecule has 2 aliphatic rings. The van der Waals surface area contributed by atoms with Crippen molar-refractivity contribution >= 4 is 5.91 Å². The van der Waals surface area contributed by atoms with Crippen LogP contribution in [0.2, 0.25) is 0 Å². The Bertz CT molecular complexity index is 255. The van der Waals surface area contributed by atoms with Gasteiger partial charge >= 0.3 is 0 Å². The second-order valence-electron chi connectivity index (χ2n) is 5.51. The molecule has 0 aromatic carbocycles. The Morgan fingerprint density at radius 2 is 2.31 bits per heavy atom. The van der Waals surface area contributed by atoms with Crippen molar-refractivity contribution in [3.63, 3.8) is 0 Å². The Morgan fingerprint density at radius 1 is 1.56 bits per heavy atom. The van der Waals surface area contributed by atoms with E-state index in [0.717, 1.165) is 38.3 Å². The molecule has 0 bridgehead atoms.